The van der Waals surface area contributed by atoms with Crippen molar-refractivity contribution in [1.82, 2.24) is 10.3 Å². The van der Waals surface area contributed by atoms with E-state index in [-0.39, 0.29) is 18.1 Å². The Hall–Kier alpha value is -2.52. The SMILES string of the molecule is CCCN1C(=O)c2sccc2N2C(SCc3ccc(N4CCCC4=O)cc3)=NNC12. The van der Waals surface area contributed by atoms with Gasteiger partial charge in [-0.2, -0.15) is 5.10 Å². The average molecular weight is 442 g/mol. The number of thiophene rings is 1. The van der Waals surface area contributed by atoms with E-state index in [0.717, 1.165) is 46.6 Å². The number of hydrogen-bond acceptors (Lipinski definition) is 7. The van der Waals surface area contributed by atoms with Gasteiger partial charge in [-0.25, -0.2) is 0 Å². The van der Waals surface area contributed by atoms with Crippen molar-refractivity contribution < 1.29 is 9.59 Å². The Balaban J connectivity index is 1.30. The zero-order chi connectivity index (χ0) is 20.7. The Morgan fingerprint density at radius 1 is 1.23 bits per heavy atom. The summed E-state index contributed by atoms with van der Waals surface area (Å²) in [5, 5.41) is 7.38. The van der Waals surface area contributed by atoms with Crippen LogP contribution in [-0.4, -0.2) is 41.3 Å². The third-order valence-electron chi connectivity index (χ3n) is 5.53. The molecule has 156 valence electrons. The summed E-state index contributed by atoms with van der Waals surface area (Å²) < 4.78 is 0. The monoisotopic (exact) mass is 441 g/mol. The number of hydrogen-bond donors (Lipinski definition) is 1. The minimum absolute atomic E-state index is 0.0732. The highest BCUT2D eigenvalue weighted by atomic mass is 32.2. The van der Waals surface area contributed by atoms with Gasteiger partial charge in [-0.1, -0.05) is 30.8 Å². The molecule has 5 rings (SSSR count). The molecule has 4 heterocycles. The van der Waals surface area contributed by atoms with Gasteiger partial charge in [0, 0.05) is 31.0 Å². The number of nitrogens with one attached hydrogen (secondary N) is 1. The van der Waals surface area contributed by atoms with E-state index in [2.05, 4.69) is 34.5 Å². The van der Waals surface area contributed by atoms with Crippen molar-refractivity contribution in [3.05, 3.63) is 46.2 Å². The van der Waals surface area contributed by atoms with Crippen molar-refractivity contribution in [2.24, 2.45) is 5.10 Å². The van der Waals surface area contributed by atoms with Gasteiger partial charge < -0.3 is 4.90 Å². The topological polar surface area (TPSA) is 68.2 Å². The standard InChI is InChI=1S/C21H23N5O2S2/c1-2-10-25-19(28)18-16(9-12-29-18)26-20(25)22-23-21(26)30-13-14-5-7-15(8-6-14)24-11-3-4-17(24)27/h5-9,12,20,22H,2-4,10-11,13H2,1H3. The first-order valence-electron chi connectivity index (χ1n) is 10.2. The Morgan fingerprint density at radius 2 is 2.07 bits per heavy atom. The summed E-state index contributed by atoms with van der Waals surface area (Å²) in [6, 6.07) is 10.2. The zero-order valence-corrected chi connectivity index (χ0v) is 18.3. The maximum absolute atomic E-state index is 12.8. The van der Waals surface area contributed by atoms with E-state index in [1.165, 1.54) is 16.9 Å². The molecule has 2 aromatic rings. The molecular formula is C21H23N5O2S2. The second-order valence-corrected chi connectivity index (χ2v) is 9.36. The first-order valence-corrected chi connectivity index (χ1v) is 12.1. The third kappa shape index (κ3) is 3.26. The van der Waals surface area contributed by atoms with E-state index < -0.39 is 0 Å². The Bertz CT molecular complexity index is 1000. The fourth-order valence-corrected chi connectivity index (χ4v) is 5.86. The maximum Gasteiger partial charge on any atom is 0.269 e. The largest absolute Gasteiger partial charge is 0.312 e. The number of nitrogens with zero attached hydrogens (tertiary/aromatic N) is 4. The predicted molar refractivity (Wildman–Crippen MR) is 122 cm³/mol. The number of amides is 2. The minimum Gasteiger partial charge on any atom is -0.312 e. The highest BCUT2D eigenvalue weighted by Gasteiger charge is 2.43. The van der Waals surface area contributed by atoms with Gasteiger partial charge in [0.15, 0.2) is 5.17 Å². The molecule has 1 saturated heterocycles. The summed E-state index contributed by atoms with van der Waals surface area (Å²) in [6.45, 7) is 3.57. The van der Waals surface area contributed by atoms with Gasteiger partial charge in [0.1, 0.15) is 4.88 Å². The number of thioether (sulfide) groups is 1. The van der Waals surface area contributed by atoms with Crippen molar-refractivity contribution in [2.45, 2.75) is 38.2 Å². The summed E-state index contributed by atoms with van der Waals surface area (Å²) in [5.41, 5.74) is 6.23. The molecule has 3 aliphatic heterocycles. The van der Waals surface area contributed by atoms with Crippen LogP contribution in [-0.2, 0) is 10.5 Å². The minimum atomic E-state index is -0.259. The number of anilines is 2. The molecule has 1 aromatic carbocycles. The number of hydrazone groups is 1. The molecule has 0 radical (unpaired) electrons. The van der Waals surface area contributed by atoms with Gasteiger partial charge in [-0.15, -0.1) is 11.3 Å². The van der Waals surface area contributed by atoms with Crippen LogP contribution in [0, 0.1) is 0 Å². The van der Waals surface area contributed by atoms with Gasteiger partial charge in [0.2, 0.25) is 12.2 Å². The first-order chi connectivity index (χ1) is 14.7. The van der Waals surface area contributed by atoms with Crippen molar-refractivity contribution in [3.63, 3.8) is 0 Å². The van der Waals surface area contributed by atoms with E-state index >= 15 is 0 Å². The van der Waals surface area contributed by atoms with Crippen LogP contribution in [0.1, 0.15) is 41.4 Å². The van der Waals surface area contributed by atoms with Gasteiger partial charge in [0.05, 0.1) is 5.69 Å². The Morgan fingerprint density at radius 3 is 2.80 bits per heavy atom. The third-order valence-corrected chi connectivity index (χ3v) is 7.45. The first kappa shape index (κ1) is 19.4. The average Bonchev–Trinajstić information content (AvgIpc) is 3.49. The number of benzene rings is 1. The lowest BCUT2D eigenvalue weighted by molar-refractivity contribution is -0.117. The Kier molecular flexibility index (Phi) is 5.16. The van der Waals surface area contributed by atoms with Crippen LogP contribution in [0.4, 0.5) is 11.4 Å². The summed E-state index contributed by atoms with van der Waals surface area (Å²) in [4.78, 5) is 31.4. The van der Waals surface area contributed by atoms with E-state index in [0.29, 0.717) is 13.0 Å². The van der Waals surface area contributed by atoms with E-state index in [1.54, 1.807) is 11.8 Å². The Labute approximate surface area is 183 Å². The maximum atomic E-state index is 12.8. The number of fused-ring (bicyclic) bond motifs is 3. The molecule has 0 aliphatic carbocycles. The lowest BCUT2D eigenvalue weighted by Crippen LogP contribution is -2.58. The van der Waals surface area contributed by atoms with Gasteiger partial charge >= 0.3 is 0 Å². The summed E-state index contributed by atoms with van der Waals surface area (Å²) in [6.07, 6.45) is 2.21. The number of amidine groups is 1. The van der Waals surface area contributed by atoms with Crippen LogP contribution in [0.3, 0.4) is 0 Å². The molecule has 7 nitrogen and oxygen atoms in total. The molecule has 1 N–H and O–H groups in total. The number of rotatable bonds is 5. The molecule has 1 fully saturated rings. The summed E-state index contributed by atoms with van der Waals surface area (Å²) >= 11 is 3.13. The highest BCUT2D eigenvalue weighted by molar-refractivity contribution is 8.13. The summed E-state index contributed by atoms with van der Waals surface area (Å²) in [5.74, 6) is 1.04. The highest BCUT2D eigenvalue weighted by Crippen LogP contribution is 2.38. The van der Waals surface area contributed by atoms with E-state index in [9.17, 15) is 9.59 Å². The quantitative estimate of drug-likeness (QED) is 0.767. The van der Waals surface area contributed by atoms with Gasteiger partial charge in [-0.3, -0.25) is 24.8 Å². The van der Waals surface area contributed by atoms with Crippen LogP contribution < -0.4 is 15.2 Å². The normalized spacial score (nSPS) is 20.4. The fraction of sp³-hybridized carbons (Fsp3) is 0.381. The molecule has 0 spiro atoms. The molecule has 1 atom stereocenters. The summed E-state index contributed by atoms with van der Waals surface area (Å²) in [7, 11) is 0. The lowest BCUT2D eigenvalue weighted by atomic mass is 10.2. The molecule has 1 aromatic heterocycles. The van der Waals surface area contributed by atoms with Gasteiger partial charge in [0.25, 0.3) is 5.91 Å². The molecule has 3 aliphatic rings. The lowest BCUT2D eigenvalue weighted by Gasteiger charge is -2.39. The van der Waals surface area contributed by atoms with Crippen LogP contribution >= 0.6 is 23.1 Å². The van der Waals surface area contributed by atoms with Crippen LogP contribution in [0.15, 0.2) is 40.8 Å². The second kappa shape index (κ2) is 7.96. The smallest absolute Gasteiger partial charge is 0.269 e. The molecule has 0 saturated carbocycles. The molecule has 9 heteroatoms. The second-order valence-electron chi connectivity index (χ2n) is 7.50. The molecule has 2 amide bonds. The number of carbonyl (C=O) groups is 2. The number of carbonyl (C=O) groups excluding carboxylic acids is 2. The molecular weight excluding hydrogens is 418 g/mol. The molecule has 1 unspecified atom stereocenters. The van der Waals surface area contributed by atoms with E-state index in [1.807, 2.05) is 33.4 Å². The van der Waals surface area contributed by atoms with Crippen LogP contribution in [0.2, 0.25) is 0 Å². The van der Waals surface area contributed by atoms with Crippen molar-refractivity contribution in [1.29, 1.82) is 0 Å². The van der Waals surface area contributed by atoms with Crippen molar-refractivity contribution >= 4 is 51.5 Å². The fourth-order valence-electron chi connectivity index (χ4n) is 4.07. The van der Waals surface area contributed by atoms with Crippen molar-refractivity contribution in [2.75, 3.05) is 22.9 Å². The van der Waals surface area contributed by atoms with Crippen LogP contribution in [0.25, 0.3) is 0 Å². The molecule has 30 heavy (non-hydrogen) atoms. The molecule has 0 bridgehead atoms. The van der Waals surface area contributed by atoms with E-state index in [4.69, 9.17) is 0 Å². The predicted octanol–water partition coefficient (Wildman–Crippen LogP) is 3.64. The van der Waals surface area contributed by atoms with Crippen molar-refractivity contribution in [3.8, 4) is 0 Å². The zero-order valence-electron chi connectivity index (χ0n) is 16.7. The van der Waals surface area contributed by atoms with Crippen LogP contribution in [0.5, 0.6) is 0 Å². The van der Waals surface area contributed by atoms with Gasteiger partial charge in [-0.05, 0) is 42.0 Å².